The Morgan fingerprint density at radius 3 is 2.86 bits per heavy atom. The molecule has 0 bridgehead atoms. The fourth-order valence-electron chi connectivity index (χ4n) is 1.89. The van der Waals surface area contributed by atoms with Crippen LogP contribution in [0.4, 0.5) is 11.4 Å². The summed E-state index contributed by atoms with van der Waals surface area (Å²) in [6.45, 7) is 3.97. The number of anilines is 2. The Kier molecular flexibility index (Phi) is 5.22. The molecule has 0 spiro atoms. The lowest BCUT2D eigenvalue weighted by molar-refractivity contribution is 0.597. The highest BCUT2D eigenvalue weighted by molar-refractivity contribution is 6.30. The Balaban J connectivity index is 1.96. The number of nitrogens with zero attached hydrogens (tertiary/aromatic N) is 3. The lowest BCUT2D eigenvalue weighted by Crippen LogP contribution is -2.27. The molecule has 21 heavy (non-hydrogen) atoms. The van der Waals surface area contributed by atoms with Gasteiger partial charge in [-0.15, -0.1) is 0 Å². The second-order valence-electron chi connectivity index (χ2n) is 4.73. The minimum Gasteiger partial charge on any atom is -0.383 e. The number of rotatable bonds is 6. The highest BCUT2D eigenvalue weighted by atomic mass is 35.5. The van der Waals surface area contributed by atoms with Crippen molar-refractivity contribution < 1.29 is 0 Å². The van der Waals surface area contributed by atoms with E-state index >= 15 is 0 Å². The van der Waals surface area contributed by atoms with Gasteiger partial charge in [-0.3, -0.25) is 4.79 Å². The monoisotopic (exact) mass is 306 g/mol. The molecule has 112 valence electrons. The Bertz CT molecular complexity index is 656. The maximum atomic E-state index is 12.0. The molecule has 2 aromatic rings. The topological polar surface area (TPSA) is 50.2 Å². The van der Waals surface area contributed by atoms with Gasteiger partial charge in [-0.25, -0.2) is 4.68 Å². The molecule has 0 aliphatic carbocycles. The smallest absolute Gasteiger partial charge is 0.268 e. The lowest BCUT2D eigenvalue weighted by atomic mass is 10.3. The van der Waals surface area contributed by atoms with Gasteiger partial charge in [0.25, 0.3) is 5.56 Å². The van der Waals surface area contributed by atoms with Crippen LogP contribution in [0.25, 0.3) is 0 Å². The number of aromatic nitrogens is 2. The van der Waals surface area contributed by atoms with Crippen molar-refractivity contribution in [2.24, 2.45) is 0 Å². The molecule has 2 rings (SSSR count). The molecule has 0 unspecified atom stereocenters. The molecule has 0 saturated carbocycles. The summed E-state index contributed by atoms with van der Waals surface area (Å²) >= 11 is 5.91. The van der Waals surface area contributed by atoms with Gasteiger partial charge in [0.05, 0.1) is 18.4 Å². The van der Waals surface area contributed by atoms with E-state index in [0.717, 1.165) is 17.9 Å². The second-order valence-corrected chi connectivity index (χ2v) is 5.16. The number of nitrogens with one attached hydrogen (secondary N) is 1. The molecule has 0 aliphatic rings. The third-order valence-electron chi connectivity index (χ3n) is 3.25. The Morgan fingerprint density at radius 1 is 1.38 bits per heavy atom. The maximum Gasteiger partial charge on any atom is 0.268 e. The van der Waals surface area contributed by atoms with Crippen molar-refractivity contribution in [2.45, 2.75) is 13.5 Å². The van der Waals surface area contributed by atoms with Crippen LogP contribution in [0.2, 0.25) is 5.02 Å². The quantitative estimate of drug-likeness (QED) is 0.891. The van der Waals surface area contributed by atoms with E-state index < -0.39 is 0 Å². The molecule has 0 radical (unpaired) electrons. The van der Waals surface area contributed by atoms with Crippen LogP contribution in [0, 0.1) is 0 Å². The van der Waals surface area contributed by atoms with Crippen LogP contribution in [-0.4, -0.2) is 29.9 Å². The van der Waals surface area contributed by atoms with E-state index in [1.807, 2.05) is 43.1 Å². The number of benzene rings is 1. The first-order chi connectivity index (χ1) is 10.1. The van der Waals surface area contributed by atoms with Crippen LogP contribution < -0.4 is 15.8 Å². The summed E-state index contributed by atoms with van der Waals surface area (Å²) in [7, 11) is 1.93. The van der Waals surface area contributed by atoms with E-state index in [9.17, 15) is 4.79 Å². The normalized spacial score (nSPS) is 10.4. The van der Waals surface area contributed by atoms with Crippen LogP contribution in [0.3, 0.4) is 0 Å². The van der Waals surface area contributed by atoms with Crippen molar-refractivity contribution in [2.75, 3.05) is 30.4 Å². The Labute approximate surface area is 129 Å². The summed E-state index contributed by atoms with van der Waals surface area (Å²) in [4.78, 5) is 14.0. The average Bonchev–Trinajstić information content (AvgIpc) is 2.48. The largest absolute Gasteiger partial charge is 0.383 e. The SMILES string of the molecule is CCN(C)c1cnn(CCNc2cccc(Cl)c2)c(=O)c1. The van der Waals surface area contributed by atoms with Crippen LogP contribution >= 0.6 is 11.6 Å². The van der Waals surface area contributed by atoms with Crippen LogP contribution in [0.15, 0.2) is 41.3 Å². The minimum absolute atomic E-state index is 0.0966. The first-order valence-corrected chi connectivity index (χ1v) is 7.25. The number of halogens is 1. The van der Waals surface area contributed by atoms with Gasteiger partial charge in [0.1, 0.15) is 0 Å². The molecule has 0 atom stereocenters. The highest BCUT2D eigenvalue weighted by Crippen LogP contribution is 2.14. The summed E-state index contributed by atoms with van der Waals surface area (Å²) in [6, 6.07) is 9.08. The van der Waals surface area contributed by atoms with Crippen molar-refractivity contribution >= 4 is 23.0 Å². The molecule has 0 saturated heterocycles. The van der Waals surface area contributed by atoms with Crippen LogP contribution in [0.1, 0.15) is 6.92 Å². The first-order valence-electron chi connectivity index (χ1n) is 6.88. The average molecular weight is 307 g/mol. The number of hydrogen-bond acceptors (Lipinski definition) is 4. The molecule has 0 fully saturated rings. The zero-order valence-electron chi connectivity index (χ0n) is 12.2. The molecule has 6 heteroatoms. The maximum absolute atomic E-state index is 12.0. The van der Waals surface area contributed by atoms with Crippen molar-refractivity contribution in [1.29, 1.82) is 0 Å². The summed E-state index contributed by atoms with van der Waals surface area (Å²) in [6.07, 6.45) is 1.71. The zero-order chi connectivity index (χ0) is 15.2. The first kappa shape index (κ1) is 15.4. The molecule has 1 heterocycles. The van der Waals surface area contributed by atoms with Gasteiger partial charge in [-0.1, -0.05) is 17.7 Å². The standard InChI is InChI=1S/C15H19ClN4O/c1-3-19(2)14-10-15(21)20(18-11-14)8-7-17-13-6-4-5-12(16)9-13/h4-6,9-11,17H,3,7-8H2,1-2H3. The van der Waals surface area contributed by atoms with Gasteiger partial charge in [0, 0.05) is 36.9 Å². The predicted octanol–water partition coefficient (Wildman–Crippen LogP) is 2.46. The van der Waals surface area contributed by atoms with Gasteiger partial charge in [0.15, 0.2) is 0 Å². The lowest BCUT2D eigenvalue weighted by Gasteiger charge is -2.16. The van der Waals surface area contributed by atoms with Gasteiger partial charge >= 0.3 is 0 Å². The van der Waals surface area contributed by atoms with Gasteiger partial charge in [0.2, 0.25) is 0 Å². The Morgan fingerprint density at radius 2 is 2.19 bits per heavy atom. The molecule has 0 aliphatic heterocycles. The fourth-order valence-corrected chi connectivity index (χ4v) is 2.08. The molecule has 1 N–H and O–H groups in total. The van der Waals surface area contributed by atoms with Crippen molar-refractivity contribution in [3.8, 4) is 0 Å². The summed E-state index contributed by atoms with van der Waals surface area (Å²) in [5.41, 5.74) is 1.67. The summed E-state index contributed by atoms with van der Waals surface area (Å²) in [5.74, 6) is 0. The third-order valence-corrected chi connectivity index (χ3v) is 3.48. The fraction of sp³-hybridized carbons (Fsp3) is 0.333. The summed E-state index contributed by atoms with van der Waals surface area (Å²) < 4.78 is 1.45. The van der Waals surface area contributed by atoms with E-state index in [4.69, 9.17) is 11.6 Å². The van der Waals surface area contributed by atoms with E-state index in [-0.39, 0.29) is 5.56 Å². The van der Waals surface area contributed by atoms with Crippen molar-refractivity contribution in [3.63, 3.8) is 0 Å². The van der Waals surface area contributed by atoms with Crippen LogP contribution in [0.5, 0.6) is 0 Å². The second kappa shape index (κ2) is 7.13. The van der Waals surface area contributed by atoms with Crippen LogP contribution in [-0.2, 0) is 6.54 Å². The molecule has 5 nitrogen and oxygen atoms in total. The summed E-state index contributed by atoms with van der Waals surface area (Å²) in [5, 5.41) is 8.09. The zero-order valence-corrected chi connectivity index (χ0v) is 13.0. The van der Waals surface area contributed by atoms with Gasteiger partial charge in [-0.05, 0) is 25.1 Å². The third kappa shape index (κ3) is 4.23. The van der Waals surface area contributed by atoms with Crippen molar-refractivity contribution in [3.05, 3.63) is 51.9 Å². The van der Waals surface area contributed by atoms with Gasteiger partial charge in [-0.2, -0.15) is 5.10 Å². The van der Waals surface area contributed by atoms with Gasteiger partial charge < -0.3 is 10.2 Å². The van der Waals surface area contributed by atoms with E-state index in [1.165, 1.54) is 4.68 Å². The molecule has 1 aromatic carbocycles. The van der Waals surface area contributed by atoms with Crippen molar-refractivity contribution in [1.82, 2.24) is 9.78 Å². The Hall–Kier alpha value is -2.01. The molecular weight excluding hydrogens is 288 g/mol. The molecule has 1 aromatic heterocycles. The molecular formula is C15H19ClN4O. The van der Waals surface area contributed by atoms with E-state index in [1.54, 1.807) is 12.3 Å². The minimum atomic E-state index is -0.0966. The predicted molar refractivity (Wildman–Crippen MR) is 87.4 cm³/mol. The van der Waals surface area contributed by atoms with E-state index in [0.29, 0.717) is 18.1 Å². The number of hydrogen-bond donors (Lipinski definition) is 1. The van der Waals surface area contributed by atoms with E-state index in [2.05, 4.69) is 10.4 Å². The highest BCUT2D eigenvalue weighted by Gasteiger charge is 2.03. The molecule has 0 amide bonds.